The number of ether oxygens (including phenoxy) is 1. The molecule has 1 saturated heterocycles. The number of hydrogen-bond donors (Lipinski definition) is 2. The fourth-order valence-electron chi connectivity index (χ4n) is 4.00. The molecule has 1 heterocycles. The van der Waals surface area contributed by atoms with Crippen molar-refractivity contribution >= 4 is 17.4 Å². The van der Waals surface area contributed by atoms with Crippen LogP contribution in [0.15, 0.2) is 48.5 Å². The summed E-state index contributed by atoms with van der Waals surface area (Å²) in [5, 5.41) is 9.05. The highest BCUT2D eigenvalue weighted by molar-refractivity contribution is 6.03. The molecule has 0 aromatic heterocycles. The minimum absolute atomic E-state index is 0.109. The summed E-state index contributed by atoms with van der Waals surface area (Å²) in [5.74, 6) is -1.08. The molecule has 3 rings (SSSR count). The molecule has 3 N–H and O–H groups in total. The third-order valence-electron chi connectivity index (χ3n) is 5.72. The number of benzene rings is 2. The number of ketones is 1. The second-order valence-corrected chi connectivity index (χ2v) is 8.23. The maximum absolute atomic E-state index is 13.2. The lowest BCUT2D eigenvalue weighted by molar-refractivity contribution is -0.00522. The summed E-state index contributed by atoms with van der Waals surface area (Å²) in [5.41, 5.74) is 8.18. The van der Waals surface area contributed by atoms with E-state index in [4.69, 9.17) is 15.6 Å². The van der Waals surface area contributed by atoms with Gasteiger partial charge in [0.15, 0.2) is 5.78 Å². The van der Waals surface area contributed by atoms with Gasteiger partial charge < -0.3 is 20.5 Å². The number of anilines is 1. The van der Waals surface area contributed by atoms with Crippen LogP contribution in [0.3, 0.4) is 0 Å². The van der Waals surface area contributed by atoms with Crippen molar-refractivity contribution in [2.24, 2.45) is 5.73 Å². The first-order chi connectivity index (χ1) is 14.2. The second-order valence-electron chi connectivity index (χ2n) is 8.23. The normalized spacial score (nSPS) is 21.1. The second kappa shape index (κ2) is 8.98. The summed E-state index contributed by atoms with van der Waals surface area (Å²) in [4.78, 5) is 26.5. The number of nitrogens with zero attached hydrogens (tertiary/aromatic N) is 1. The topological polar surface area (TPSA) is 92.9 Å². The minimum atomic E-state index is -1.05. The Labute approximate surface area is 177 Å². The number of carbonyl (C=O) groups excluding carboxylic acids is 1. The molecule has 0 amide bonds. The van der Waals surface area contributed by atoms with Gasteiger partial charge in [0, 0.05) is 24.3 Å². The summed E-state index contributed by atoms with van der Waals surface area (Å²) in [6.45, 7) is 7.66. The van der Waals surface area contributed by atoms with E-state index in [0.29, 0.717) is 18.4 Å². The minimum Gasteiger partial charge on any atom is -0.478 e. The van der Waals surface area contributed by atoms with Crippen molar-refractivity contribution in [1.29, 1.82) is 0 Å². The molecule has 6 heteroatoms. The van der Waals surface area contributed by atoms with Crippen LogP contribution in [0.2, 0.25) is 0 Å². The van der Waals surface area contributed by atoms with Gasteiger partial charge in [0.1, 0.15) is 0 Å². The molecule has 0 bridgehead atoms. The average molecular weight is 411 g/mol. The third kappa shape index (κ3) is 4.89. The van der Waals surface area contributed by atoms with Gasteiger partial charge in [-0.1, -0.05) is 19.1 Å². The van der Waals surface area contributed by atoms with Crippen LogP contribution in [0.4, 0.5) is 5.69 Å². The van der Waals surface area contributed by atoms with E-state index in [1.54, 1.807) is 12.1 Å². The summed E-state index contributed by atoms with van der Waals surface area (Å²) < 4.78 is 5.79. The van der Waals surface area contributed by atoms with Gasteiger partial charge in [-0.2, -0.15) is 0 Å². The van der Waals surface area contributed by atoms with Gasteiger partial charge in [-0.25, -0.2) is 4.79 Å². The zero-order valence-corrected chi connectivity index (χ0v) is 17.8. The summed E-state index contributed by atoms with van der Waals surface area (Å²) in [7, 11) is 0. The van der Waals surface area contributed by atoms with Crippen LogP contribution in [-0.4, -0.2) is 47.7 Å². The first-order valence-corrected chi connectivity index (χ1v) is 10.4. The first-order valence-electron chi connectivity index (χ1n) is 10.4. The van der Waals surface area contributed by atoms with Gasteiger partial charge in [0.05, 0.1) is 23.3 Å². The Kier molecular flexibility index (Phi) is 6.58. The van der Waals surface area contributed by atoms with Crippen LogP contribution in [0, 0.1) is 0 Å². The van der Waals surface area contributed by atoms with Gasteiger partial charge in [0.25, 0.3) is 0 Å². The van der Waals surface area contributed by atoms with Crippen molar-refractivity contribution in [2.75, 3.05) is 18.0 Å². The number of carbonyl (C=O) groups is 2. The van der Waals surface area contributed by atoms with Crippen LogP contribution < -0.4 is 10.6 Å². The van der Waals surface area contributed by atoms with E-state index in [9.17, 15) is 9.59 Å². The van der Waals surface area contributed by atoms with Crippen molar-refractivity contribution in [1.82, 2.24) is 0 Å². The fourth-order valence-corrected chi connectivity index (χ4v) is 4.00. The van der Waals surface area contributed by atoms with E-state index >= 15 is 0 Å². The molecule has 2 aromatic carbocycles. The number of carboxylic acid groups (broad SMARTS) is 1. The van der Waals surface area contributed by atoms with Crippen molar-refractivity contribution in [2.45, 2.75) is 51.4 Å². The maximum atomic E-state index is 13.2. The smallest absolute Gasteiger partial charge is 0.335 e. The molecular formula is C24H30N2O4. The van der Waals surface area contributed by atoms with E-state index in [-0.39, 0.29) is 23.6 Å². The van der Waals surface area contributed by atoms with Crippen molar-refractivity contribution in [3.05, 3.63) is 65.2 Å². The summed E-state index contributed by atoms with van der Waals surface area (Å²) >= 11 is 0. The van der Waals surface area contributed by atoms with E-state index < -0.39 is 11.5 Å². The highest BCUT2D eigenvalue weighted by Gasteiger charge is 2.33. The molecule has 0 spiro atoms. The third-order valence-corrected chi connectivity index (χ3v) is 5.72. The lowest BCUT2D eigenvalue weighted by atomic mass is 9.82. The lowest BCUT2D eigenvalue weighted by Crippen LogP contribution is -2.49. The Morgan fingerprint density at radius 1 is 1.03 bits per heavy atom. The van der Waals surface area contributed by atoms with Gasteiger partial charge in [-0.15, -0.1) is 0 Å². The Balaban J connectivity index is 1.75. The molecule has 1 fully saturated rings. The van der Waals surface area contributed by atoms with Crippen LogP contribution in [0.25, 0.3) is 0 Å². The Morgan fingerprint density at radius 3 is 2.07 bits per heavy atom. The number of carboxylic acids is 1. The van der Waals surface area contributed by atoms with Gasteiger partial charge in [-0.05, 0) is 68.7 Å². The molecule has 0 radical (unpaired) electrons. The van der Waals surface area contributed by atoms with Crippen LogP contribution >= 0.6 is 0 Å². The van der Waals surface area contributed by atoms with Crippen molar-refractivity contribution in [3.8, 4) is 0 Å². The standard InChI is InChI=1S/C24H30N2O4/c1-4-24(25,13-18-5-7-20(8-6-18)23(28)29)22(27)19-9-11-21(12-10-19)26-14-16(2)30-17(3)15-26/h5-12,16-17H,4,13-15,25H2,1-3H3,(H,28,29). The molecule has 1 aliphatic rings. The number of Topliss-reactive ketones (excluding diaryl/α,β-unsaturated/α-hetero) is 1. The molecule has 3 unspecified atom stereocenters. The molecule has 6 nitrogen and oxygen atoms in total. The zero-order valence-electron chi connectivity index (χ0n) is 17.8. The highest BCUT2D eigenvalue weighted by atomic mass is 16.5. The van der Waals surface area contributed by atoms with E-state index in [0.717, 1.165) is 24.3 Å². The molecule has 1 aliphatic heterocycles. The molecule has 0 saturated carbocycles. The van der Waals surface area contributed by atoms with Gasteiger partial charge in [0.2, 0.25) is 0 Å². The van der Waals surface area contributed by atoms with Crippen LogP contribution in [0.1, 0.15) is 53.5 Å². The van der Waals surface area contributed by atoms with Crippen molar-refractivity contribution < 1.29 is 19.4 Å². The molecule has 30 heavy (non-hydrogen) atoms. The Hall–Kier alpha value is -2.70. The van der Waals surface area contributed by atoms with E-state index in [2.05, 4.69) is 18.7 Å². The van der Waals surface area contributed by atoms with Crippen molar-refractivity contribution in [3.63, 3.8) is 0 Å². The predicted octanol–water partition coefficient (Wildman–Crippen LogP) is 3.53. The largest absolute Gasteiger partial charge is 0.478 e. The number of rotatable bonds is 7. The van der Waals surface area contributed by atoms with Gasteiger partial charge >= 0.3 is 5.97 Å². The van der Waals surface area contributed by atoms with E-state index in [1.807, 2.05) is 31.2 Å². The number of morpholine rings is 1. The highest BCUT2D eigenvalue weighted by Crippen LogP contribution is 2.25. The quantitative estimate of drug-likeness (QED) is 0.679. The fraction of sp³-hybridized carbons (Fsp3) is 0.417. The Bertz CT molecular complexity index is 884. The number of nitrogens with two attached hydrogens (primary N) is 1. The summed E-state index contributed by atoms with van der Waals surface area (Å²) in [6, 6.07) is 14.1. The number of hydrogen-bond acceptors (Lipinski definition) is 5. The monoisotopic (exact) mass is 410 g/mol. The first kappa shape index (κ1) is 22.0. The SMILES string of the molecule is CCC(N)(Cc1ccc(C(=O)O)cc1)C(=O)c1ccc(N2CC(C)OC(C)C2)cc1. The summed E-state index contributed by atoms with van der Waals surface area (Å²) in [6.07, 6.45) is 1.16. The molecule has 160 valence electrons. The molecule has 2 aromatic rings. The lowest BCUT2D eigenvalue weighted by Gasteiger charge is -2.37. The molecular weight excluding hydrogens is 380 g/mol. The van der Waals surface area contributed by atoms with E-state index in [1.165, 1.54) is 12.1 Å². The van der Waals surface area contributed by atoms with Gasteiger partial charge in [-0.3, -0.25) is 4.79 Å². The average Bonchev–Trinajstić information content (AvgIpc) is 2.73. The molecule has 3 atom stereocenters. The predicted molar refractivity (Wildman–Crippen MR) is 117 cm³/mol. The van der Waals surface area contributed by atoms with Crippen LogP contribution in [0.5, 0.6) is 0 Å². The Morgan fingerprint density at radius 2 is 1.57 bits per heavy atom. The number of aromatic carboxylic acids is 1. The maximum Gasteiger partial charge on any atom is 0.335 e. The molecule has 0 aliphatic carbocycles. The zero-order chi connectivity index (χ0) is 21.9. The van der Waals surface area contributed by atoms with Crippen LogP contribution in [-0.2, 0) is 11.2 Å².